The molecule has 0 aliphatic carbocycles. The highest BCUT2D eigenvalue weighted by molar-refractivity contribution is 5.98. The molecule has 33 heavy (non-hydrogen) atoms. The van der Waals surface area contributed by atoms with Crippen LogP contribution in [0.3, 0.4) is 0 Å². The van der Waals surface area contributed by atoms with Crippen molar-refractivity contribution in [3.63, 3.8) is 0 Å². The molecule has 0 saturated heterocycles. The van der Waals surface area contributed by atoms with Gasteiger partial charge in [-0.2, -0.15) is 0 Å². The minimum absolute atomic E-state index is 0.0263. The third kappa shape index (κ3) is 6.80. The molecule has 0 fully saturated rings. The van der Waals surface area contributed by atoms with E-state index in [0.717, 1.165) is 21.6 Å². The van der Waals surface area contributed by atoms with Crippen LogP contribution >= 0.6 is 0 Å². The molecule has 3 rings (SSSR count). The highest BCUT2D eigenvalue weighted by atomic mass is 16.6. The summed E-state index contributed by atoms with van der Waals surface area (Å²) in [7, 11) is 0. The molecule has 7 nitrogen and oxygen atoms in total. The summed E-state index contributed by atoms with van der Waals surface area (Å²) >= 11 is 0. The van der Waals surface area contributed by atoms with Crippen molar-refractivity contribution in [3.05, 3.63) is 120 Å². The summed E-state index contributed by atoms with van der Waals surface area (Å²) in [5, 5.41) is 0. The molecule has 3 aromatic carbocycles. The predicted octanol–water partition coefficient (Wildman–Crippen LogP) is 5.20. The lowest BCUT2D eigenvalue weighted by molar-refractivity contribution is 0.109. The van der Waals surface area contributed by atoms with Gasteiger partial charge < -0.3 is 15.2 Å². The van der Waals surface area contributed by atoms with Crippen molar-refractivity contribution in [1.29, 1.82) is 0 Å². The zero-order chi connectivity index (χ0) is 23.5. The summed E-state index contributed by atoms with van der Waals surface area (Å²) in [5.74, 6) is -0.361. The Hall–Kier alpha value is -4.39. The number of rotatable bonds is 7. The van der Waals surface area contributed by atoms with Crippen LogP contribution in [0.2, 0.25) is 0 Å². The Balaban J connectivity index is 1.79. The Morgan fingerprint density at radius 3 is 1.85 bits per heavy atom. The van der Waals surface area contributed by atoms with Crippen molar-refractivity contribution >= 4 is 18.1 Å². The molecule has 3 aromatic rings. The molecule has 2 N–H and O–H groups in total. The van der Waals surface area contributed by atoms with Crippen molar-refractivity contribution < 1.29 is 19.1 Å². The molecule has 0 spiro atoms. The van der Waals surface area contributed by atoms with Crippen molar-refractivity contribution in [2.75, 3.05) is 0 Å². The fourth-order valence-corrected chi connectivity index (χ4v) is 3.08. The lowest BCUT2D eigenvalue weighted by Gasteiger charge is -2.28. The van der Waals surface area contributed by atoms with Crippen LogP contribution in [-0.2, 0) is 22.7 Å². The largest absolute Gasteiger partial charge is 0.444 e. The lowest BCUT2D eigenvalue weighted by atomic mass is 10.1. The van der Waals surface area contributed by atoms with E-state index in [2.05, 4.69) is 11.6 Å². The van der Waals surface area contributed by atoms with E-state index in [-0.39, 0.29) is 19.2 Å². The zero-order valence-electron chi connectivity index (χ0n) is 18.0. The van der Waals surface area contributed by atoms with Gasteiger partial charge in [0, 0.05) is 0 Å². The maximum absolute atomic E-state index is 13.0. The summed E-state index contributed by atoms with van der Waals surface area (Å²) in [6.45, 7) is 3.87. The molecule has 0 aliphatic heterocycles. The summed E-state index contributed by atoms with van der Waals surface area (Å²) in [6.07, 6.45) is -0.172. The van der Waals surface area contributed by atoms with Gasteiger partial charge in [-0.25, -0.2) is 14.5 Å². The lowest BCUT2D eigenvalue weighted by Crippen LogP contribution is -2.44. The Labute approximate surface area is 192 Å². The van der Waals surface area contributed by atoms with Crippen LogP contribution < -0.4 is 5.73 Å². The minimum Gasteiger partial charge on any atom is -0.444 e. The van der Waals surface area contributed by atoms with E-state index in [9.17, 15) is 9.59 Å². The molecule has 0 aliphatic rings. The number of carbonyl (C=O) groups is 2. The SMILES string of the molecule is C=CC(c1ccccc1)N(C(=O)OCc1ccccc1)/C(N)=N/C(=O)OCc1ccccc1. The first kappa shape index (κ1) is 23.3. The molecule has 0 radical (unpaired) electrons. The average molecular weight is 444 g/mol. The van der Waals surface area contributed by atoms with Gasteiger partial charge in [-0.1, -0.05) is 97.1 Å². The number of amides is 2. The third-order valence-electron chi connectivity index (χ3n) is 4.70. The first-order valence-corrected chi connectivity index (χ1v) is 10.3. The summed E-state index contributed by atoms with van der Waals surface area (Å²) in [4.78, 5) is 30.2. The van der Waals surface area contributed by atoms with Gasteiger partial charge >= 0.3 is 12.2 Å². The van der Waals surface area contributed by atoms with E-state index in [1.54, 1.807) is 0 Å². The van der Waals surface area contributed by atoms with E-state index in [1.165, 1.54) is 6.08 Å². The Morgan fingerprint density at radius 1 is 0.848 bits per heavy atom. The molecular weight excluding hydrogens is 418 g/mol. The van der Waals surface area contributed by atoms with E-state index < -0.39 is 18.2 Å². The summed E-state index contributed by atoms with van der Waals surface area (Å²) in [6, 6.07) is 26.8. The normalized spacial score (nSPS) is 11.8. The van der Waals surface area contributed by atoms with Crippen molar-refractivity contribution in [2.45, 2.75) is 19.3 Å². The highest BCUT2D eigenvalue weighted by Gasteiger charge is 2.28. The number of nitrogens with two attached hydrogens (primary N) is 1. The number of ether oxygens (including phenoxy) is 2. The number of guanidine groups is 1. The van der Waals surface area contributed by atoms with Crippen molar-refractivity contribution in [3.8, 4) is 0 Å². The fraction of sp³-hybridized carbons (Fsp3) is 0.115. The number of nitrogens with zero attached hydrogens (tertiary/aromatic N) is 2. The van der Waals surface area contributed by atoms with Gasteiger partial charge in [0.1, 0.15) is 13.2 Å². The van der Waals surface area contributed by atoms with E-state index in [4.69, 9.17) is 15.2 Å². The second kappa shape index (κ2) is 11.9. The molecule has 0 bridgehead atoms. The van der Waals surface area contributed by atoms with Gasteiger partial charge in [-0.3, -0.25) is 0 Å². The maximum atomic E-state index is 13.0. The van der Waals surface area contributed by atoms with E-state index in [1.807, 2.05) is 91.0 Å². The van der Waals surface area contributed by atoms with Crippen LogP contribution in [0, 0.1) is 0 Å². The van der Waals surface area contributed by atoms with Gasteiger partial charge in [0.05, 0.1) is 6.04 Å². The third-order valence-corrected chi connectivity index (χ3v) is 4.70. The zero-order valence-corrected chi connectivity index (χ0v) is 18.0. The number of benzene rings is 3. The predicted molar refractivity (Wildman–Crippen MR) is 126 cm³/mol. The quantitative estimate of drug-likeness (QED) is 0.308. The molecule has 0 saturated carbocycles. The second-order valence-electron chi connectivity index (χ2n) is 7.01. The van der Waals surface area contributed by atoms with Gasteiger partial charge in [0.15, 0.2) is 0 Å². The van der Waals surface area contributed by atoms with Crippen LogP contribution in [0.4, 0.5) is 9.59 Å². The van der Waals surface area contributed by atoms with Crippen molar-refractivity contribution in [1.82, 2.24) is 4.90 Å². The standard InChI is InChI=1S/C26H25N3O4/c1-2-23(22-16-10-5-11-17-22)29(26(31)33-19-21-14-8-4-9-15-21)24(27)28-25(30)32-18-20-12-6-3-7-13-20/h2-17,23H,1,18-19H2,(H2,27,28,30). The second-order valence-corrected chi connectivity index (χ2v) is 7.01. The van der Waals surface area contributed by atoms with Gasteiger partial charge in [0.2, 0.25) is 5.96 Å². The topological polar surface area (TPSA) is 94.2 Å². The molecule has 2 amide bonds. The monoisotopic (exact) mass is 443 g/mol. The maximum Gasteiger partial charge on any atom is 0.437 e. The first-order chi connectivity index (χ1) is 16.1. The summed E-state index contributed by atoms with van der Waals surface area (Å²) < 4.78 is 10.6. The smallest absolute Gasteiger partial charge is 0.437 e. The van der Waals surface area contributed by atoms with Crippen LogP contribution in [-0.4, -0.2) is 23.0 Å². The summed E-state index contributed by atoms with van der Waals surface area (Å²) in [5.41, 5.74) is 8.42. The fourth-order valence-electron chi connectivity index (χ4n) is 3.08. The van der Waals surface area contributed by atoms with Crippen LogP contribution in [0.15, 0.2) is 109 Å². The van der Waals surface area contributed by atoms with Crippen molar-refractivity contribution in [2.24, 2.45) is 10.7 Å². The Bertz CT molecular complexity index is 1090. The molecule has 7 heteroatoms. The van der Waals surface area contributed by atoms with Crippen LogP contribution in [0.1, 0.15) is 22.7 Å². The molecule has 0 heterocycles. The molecule has 1 atom stereocenters. The first-order valence-electron chi connectivity index (χ1n) is 10.3. The van der Waals surface area contributed by atoms with Gasteiger partial charge in [-0.15, -0.1) is 11.6 Å². The van der Waals surface area contributed by atoms with Gasteiger partial charge in [-0.05, 0) is 16.7 Å². The van der Waals surface area contributed by atoms with E-state index in [0.29, 0.717) is 0 Å². The van der Waals surface area contributed by atoms with E-state index >= 15 is 0 Å². The molecular formula is C26H25N3O4. The Kier molecular flexibility index (Phi) is 8.36. The Morgan fingerprint density at radius 2 is 1.33 bits per heavy atom. The number of carbonyl (C=O) groups excluding carboxylic acids is 2. The van der Waals surface area contributed by atoms with Crippen LogP contribution in [0.5, 0.6) is 0 Å². The number of aliphatic imine (C=N–C) groups is 1. The minimum atomic E-state index is -0.923. The number of hydrogen-bond acceptors (Lipinski definition) is 4. The molecule has 0 aromatic heterocycles. The number of hydrogen-bond donors (Lipinski definition) is 1. The molecule has 1 unspecified atom stereocenters. The highest BCUT2D eigenvalue weighted by Crippen LogP contribution is 2.23. The molecule has 168 valence electrons. The van der Waals surface area contributed by atoms with Crippen LogP contribution in [0.25, 0.3) is 0 Å². The van der Waals surface area contributed by atoms with Gasteiger partial charge in [0.25, 0.3) is 0 Å². The average Bonchev–Trinajstić information content (AvgIpc) is 2.86.